The molecule has 2 heterocycles. The van der Waals surface area contributed by atoms with E-state index in [2.05, 4.69) is 22.4 Å². The van der Waals surface area contributed by atoms with Gasteiger partial charge in [0.05, 0.1) is 37.0 Å². The highest BCUT2D eigenvalue weighted by atomic mass is 32.2. The van der Waals surface area contributed by atoms with Crippen molar-refractivity contribution in [1.82, 2.24) is 14.6 Å². The van der Waals surface area contributed by atoms with E-state index >= 15 is 0 Å². The van der Waals surface area contributed by atoms with Crippen LogP contribution in [0.4, 0.5) is 0 Å². The largest absolute Gasteiger partial charge is 0.358 e. The van der Waals surface area contributed by atoms with Crippen molar-refractivity contribution in [2.24, 2.45) is 0 Å². The van der Waals surface area contributed by atoms with Gasteiger partial charge in [-0.3, -0.25) is 4.79 Å². The highest BCUT2D eigenvalue weighted by molar-refractivity contribution is 7.99. The van der Waals surface area contributed by atoms with Gasteiger partial charge in [-0.05, 0) is 12.1 Å². The van der Waals surface area contributed by atoms with Crippen molar-refractivity contribution >= 4 is 27.7 Å². The molecule has 0 radical (unpaired) electrons. The van der Waals surface area contributed by atoms with Crippen molar-refractivity contribution in [3.8, 4) is 0 Å². The summed E-state index contributed by atoms with van der Waals surface area (Å²) < 4.78 is 27.3. The van der Waals surface area contributed by atoms with Crippen molar-refractivity contribution in [3.63, 3.8) is 0 Å². The standard InChI is InChI=1S/C19H24N4O3S2/c1-20-18(24)15-27-19-8-7-17(13-21-19)28(25,26)23-11-9-22(10-12-23)14-16-5-3-2-4-6-16/h2-8,13H,9-12,14-15H2,1H3,(H,20,24)/p+1. The quantitative estimate of drug-likeness (QED) is 0.616. The minimum atomic E-state index is -3.54. The lowest BCUT2D eigenvalue weighted by Crippen LogP contribution is -3.13. The monoisotopic (exact) mass is 421 g/mol. The second kappa shape index (κ2) is 9.51. The summed E-state index contributed by atoms with van der Waals surface area (Å²) in [6.45, 7) is 3.46. The van der Waals surface area contributed by atoms with Gasteiger partial charge in [-0.1, -0.05) is 42.1 Å². The van der Waals surface area contributed by atoms with E-state index in [1.165, 1.54) is 32.7 Å². The number of nitrogens with zero attached hydrogens (tertiary/aromatic N) is 2. The number of amides is 1. The Morgan fingerprint density at radius 2 is 1.89 bits per heavy atom. The van der Waals surface area contributed by atoms with Crippen LogP contribution in [-0.2, 0) is 21.4 Å². The van der Waals surface area contributed by atoms with Crippen molar-refractivity contribution < 1.29 is 18.1 Å². The first-order valence-corrected chi connectivity index (χ1v) is 11.6. The molecule has 3 rings (SSSR count). The number of carbonyl (C=O) groups excluding carboxylic acids is 1. The summed E-state index contributed by atoms with van der Waals surface area (Å²) in [5.74, 6) is 0.154. The van der Waals surface area contributed by atoms with Crippen LogP contribution in [0, 0.1) is 0 Å². The van der Waals surface area contributed by atoms with Crippen LogP contribution in [0.15, 0.2) is 58.6 Å². The predicted octanol–water partition coefficient (Wildman–Crippen LogP) is 0.00910. The lowest BCUT2D eigenvalue weighted by molar-refractivity contribution is -0.917. The second-order valence-electron chi connectivity index (χ2n) is 6.61. The molecule has 1 aliphatic heterocycles. The number of benzene rings is 1. The van der Waals surface area contributed by atoms with Gasteiger partial charge in [0.2, 0.25) is 15.9 Å². The van der Waals surface area contributed by atoms with Crippen molar-refractivity contribution in [3.05, 3.63) is 54.2 Å². The zero-order chi connectivity index (χ0) is 20.0. The Bertz CT molecular complexity index is 881. The number of sulfonamides is 1. The molecule has 2 aromatic rings. The van der Waals surface area contributed by atoms with Crippen LogP contribution in [0.2, 0.25) is 0 Å². The molecule has 1 amide bonds. The van der Waals surface area contributed by atoms with Crippen molar-refractivity contribution in [1.29, 1.82) is 0 Å². The molecule has 1 saturated heterocycles. The fourth-order valence-electron chi connectivity index (χ4n) is 3.07. The zero-order valence-corrected chi connectivity index (χ0v) is 17.4. The number of pyridine rings is 1. The maximum atomic E-state index is 12.9. The molecule has 0 atom stereocenters. The molecule has 1 aromatic carbocycles. The minimum absolute atomic E-state index is 0.0978. The molecule has 9 heteroatoms. The molecule has 1 aromatic heterocycles. The molecule has 150 valence electrons. The molecule has 1 fully saturated rings. The van der Waals surface area contributed by atoms with Crippen LogP contribution < -0.4 is 10.2 Å². The summed E-state index contributed by atoms with van der Waals surface area (Å²) >= 11 is 1.27. The SMILES string of the molecule is CNC(=O)CSc1ccc(S(=O)(=O)N2CC[NH+](Cc3ccccc3)CC2)cn1. The van der Waals surface area contributed by atoms with Crippen LogP contribution in [0.3, 0.4) is 0 Å². The maximum absolute atomic E-state index is 12.9. The number of thioether (sulfide) groups is 1. The second-order valence-corrected chi connectivity index (χ2v) is 9.54. The number of rotatable bonds is 7. The first kappa shape index (κ1) is 20.8. The van der Waals surface area contributed by atoms with Gasteiger partial charge in [0.1, 0.15) is 11.4 Å². The lowest BCUT2D eigenvalue weighted by Gasteiger charge is -2.31. The number of quaternary nitrogens is 1. The van der Waals surface area contributed by atoms with Gasteiger partial charge in [0, 0.05) is 18.8 Å². The lowest BCUT2D eigenvalue weighted by atomic mass is 10.2. The summed E-state index contributed by atoms with van der Waals surface area (Å²) in [7, 11) is -1.97. The molecule has 28 heavy (non-hydrogen) atoms. The van der Waals surface area contributed by atoms with Gasteiger partial charge >= 0.3 is 0 Å². The highest BCUT2D eigenvalue weighted by Gasteiger charge is 2.30. The van der Waals surface area contributed by atoms with E-state index < -0.39 is 10.0 Å². The molecule has 0 unspecified atom stereocenters. The normalized spacial score (nSPS) is 16.0. The number of aromatic nitrogens is 1. The van der Waals surface area contributed by atoms with Crippen LogP contribution in [0.25, 0.3) is 0 Å². The number of piperazine rings is 1. The van der Waals surface area contributed by atoms with Gasteiger partial charge < -0.3 is 10.2 Å². The number of carbonyl (C=O) groups is 1. The van der Waals surface area contributed by atoms with Gasteiger partial charge in [0.25, 0.3) is 0 Å². The first-order chi connectivity index (χ1) is 13.5. The molecule has 0 spiro atoms. The molecular weight excluding hydrogens is 396 g/mol. The van der Waals surface area contributed by atoms with Crippen LogP contribution in [0.5, 0.6) is 0 Å². The molecule has 1 aliphatic rings. The topological polar surface area (TPSA) is 83.8 Å². The van der Waals surface area contributed by atoms with E-state index in [-0.39, 0.29) is 16.6 Å². The number of hydrogen-bond donors (Lipinski definition) is 2. The highest BCUT2D eigenvalue weighted by Crippen LogP contribution is 2.19. The van der Waals surface area contributed by atoms with Gasteiger partial charge in [0.15, 0.2) is 0 Å². The van der Waals surface area contributed by atoms with E-state index in [1.54, 1.807) is 19.2 Å². The van der Waals surface area contributed by atoms with Crippen molar-refractivity contribution in [2.75, 3.05) is 39.0 Å². The molecule has 0 saturated carbocycles. The summed E-state index contributed by atoms with van der Waals surface area (Å²) in [5.41, 5.74) is 1.27. The third-order valence-corrected chi connectivity index (χ3v) is 7.53. The third kappa shape index (κ3) is 5.32. The van der Waals surface area contributed by atoms with Crippen molar-refractivity contribution in [2.45, 2.75) is 16.5 Å². The van der Waals surface area contributed by atoms with Gasteiger partial charge in [-0.2, -0.15) is 4.31 Å². The van der Waals surface area contributed by atoms with E-state index in [9.17, 15) is 13.2 Å². The Kier molecular flexibility index (Phi) is 7.06. The number of hydrogen-bond acceptors (Lipinski definition) is 5. The van der Waals surface area contributed by atoms with E-state index in [4.69, 9.17) is 0 Å². The van der Waals surface area contributed by atoms with Gasteiger partial charge in [-0.25, -0.2) is 13.4 Å². The average molecular weight is 422 g/mol. The Balaban J connectivity index is 1.57. The Morgan fingerprint density at radius 1 is 1.18 bits per heavy atom. The molecular formula is C19H25N4O3S2+. The average Bonchev–Trinajstić information content (AvgIpc) is 2.73. The van der Waals surface area contributed by atoms with Crippen LogP contribution in [-0.4, -0.2) is 62.6 Å². The first-order valence-electron chi connectivity index (χ1n) is 9.16. The van der Waals surface area contributed by atoms with Gasteiger partial charge in [-0.15, -0.1) is 0 Å². The Morgan fingerprint density at radius 3 is 2.50 bits per heavy atom. The molecule has 0 bridgehead atoms. The molecule has 2 N–H and O–H groups in total. The predicted molar refractivity (Wildman–Crippen MR) is 109 cm³/mol. The fourth-order valence-corrected chi connectivity index (χ4v) is 5.17. The maximum Gasteiger partial charge on any atom is 0.245 e. The summed E-state index contributed by atoms with van der Waals surface area (Å²) in [6.07, 6.45) is 1.38. The van der Waals surface area contributed by atoms with Crippen LogP contribution >= 0.6 is 11.8 Å². The van der Waals surface area contributed by atoms with Crippen LogP contribution in [0.1, 0.15) is 5.56 Å². The van der Waals surface area contributed by atoms with E-state index in [0.717, 1.165) is 19.6 Å². The smallest absolute Gasteiger partial charge is 0.245 e. The minimum Gasteiger partial charge on any atom is -0.358 e. The number of nitrogens with one attached hydrogen (secondary N) is 2. The summed E-state index contributed by atoms with van der Waals surface area (Å²) in [4.78, 5) is 17.1. The third-order valence-electron chi connectivity index (χ3n) is 4.70. The zero-order valence-electron chi connectivity index (χ0n) is 15.8. The van der Waals surface area contributed by atoms with E-state index in [1.807, 2.05) is 18.2 Å². The summed E-state index contributed by atoms with van der Waals surface area (Å²) in [5, 5.41) is 3.17. The fraction of sp³-hybridized carbons (Fsp3) is 0.368. The Labute approximate surface area is 170 Å². The molecule has 7 nitrogen and oxygen atoms in total. The van der Waals surface area contributed by atoms with E-state index in [0.29, 0.717) is 18.1 Å². The molecule has 0 aliphatic carbocycles. The Hall–Kier alpha value is -1.94. The summed E-state index contributed by atoms with van der Waals surface area (Å²) in [6, 6.07) is 13.5.